The van der Waals surface area contributed by atoms with Gasteiger partial charge in [0, 0.05) is 12.1 Å². The van der Waals surface area contributed by atoms with E-state index in [1.807, 2.05) is 6.92 Å². The van der Waals surface area contributed by atoms with Crippen molar-refractivity contribution in [2.45, 2.75) is 31.8 Å². The lowest BCUT2D eigenvalue weighted by Gasteiger charge is -2.22. The van der Waals surface area contributed by atoms with Crippen molar-refractivity contribution in [1.82, 2.24) is 5.32 Å². The van der Waals surface area contributed by atoms with E-state index in [2.05, 4.69) is 17.5 Å². The van der Waals surface area contributed by atoms with E-state index in [-0.39, 0.29) is 12.7 Å². The molecule has 0 amide bonds. The molecule has 0 aliphatic heterocycles. The first-order valence-electron chi connectivity index (χ1n) is 4.80. The van der Waals surface area contributed by atoms with E-state index in [1.165, 1.54) is 12.8 Å². The van der Waals surface area contributed by atoms with Crippen LogP contribution in [0.25, 0.3) is 0 Å². The van der Waals surface area contributed by atoms with E-state index in [1.54, 1.807) is 0 Å². The van der Waals surface area contributed by atoms with Crippen LogP contribution in [-0.4, -0.2) is 18.8 Å². The van der Waals surface area contributed by atoms with Crippen molar-refractivity contribution in [2.24, 2.45) is 11.8 Å². The summed E-state index contributed by atoms with van der Waals surface area (Å²) in [6.45, 7) is 1.66. The molecule has 1 N–H and O–H groups in total. The maximum atomic E-state index is 12.2. The van der Waals surface area contributed by atoms with Gasteiger partial charge in [-0.15, -0.1) is 0 Å². The molecule has 0 spiro atoms. The average Bonchev–Trinajstić information content (AvgIpc) is 2.64. The molecule has 0 aromatic rings. The molecule has 4 atom stereocenters. The molecule has 2 bridgehead atoms. The Bertz CT molecular complexity index is 190. The lowest BCUT2D eigenvalue weighted by molar-refractivity contribution is 0.336. The van der Waals surface area contributed by atoms with Gasteiger partial charge >= 0.3 is 0 Å². The van der Waals surface area contributed by atoms with Crippen LogP contribution in [0.3, 0.4) is 0 Å². The van der Waals surface area contributed by atoms with Gasteiger partial charge < -0.3 is 5.32 Å². The SMILES string of the molecule is C[C@@H](CF)NC1C[C@@H]2C=C[C@H]1C2. The minimum Gasteiger partial charge on any atom is -0.308 e. The van der Waals surface area contributed by atoms with Crippen LogP contribution in [-0.2, 0) is 0 Å². The zero-order valence-electron chi connectivity index (χ0n) is 7.46. The third kappa shape index (κ3) is 1.40. The van der Waals surface area contributed by atoms with Crippen LogP contribution < -0.4 is 5.32 Å². The Labute approximate surface area is 73.0 Å². The third-order valence-electron chi connectivity index (χ3n) is 3.01. The Morgan fingerprint density at radius 1 is 1.50 bits per heavy atom. The molecular formula is C10H16FN. The third-order valence-corrected chi connectivity index (χ3v) is 3.01. The van der Waals surface area contributed by atoms with E-state index in [0.717, 1.165) is 5.92 Å². The van der Waals surface area contributed by atoms with Crippen molar-refractivity contribution in [3.63, 3.8) is 0 Å². The molecule has 0 heterocycles. The van der Waals surface area contributed by atoms with Crippen LogP contribution in [0.1, 0.15) is 19.8 Å². The van der Waals surface area contributed by atoms with Crippen LogP contribution >= 0.6 is 0 Å². The van der Waals surface area contributed by atoms with Gasteiger partial charge in [0.25, 0.3) is 0 Å². The van der Waals surface area contributed by atoms with Gasteiger partial charge in [-0.25, -0.2) is 4.39 Å². The van der Waals surface area contributed by atoms with Gasteiger partial charge in [-0.2, -0.15) is 0 Å². The van der Waals surface area contributed by atoms with Gasteiger partial charge in [0.15, 0.2) is 0 Å². The minimum atomic E-state index is -0.252. The number of allylic oxidation sites excluding steroid dienone is 1. The van der Waals surface area contributed by atoms with Crippen molar-refractivity contribution >= 4 is 0 Å². The molecule has 1 fully saturated rings. The second-order valence-electron chi connectivity index (χ2n) is 4.11. The first-order chi connectivity index (χ1) is 5.79. The maximum Gasteiger partial charge on any atom is 0.104 e. The molecule has 2 aliphatic carbocycles. The Morgan fingerprint density at radius 3 is 2.83 bits per heavy atom. The van der Waals surface area contributed by atoms with Crippen molar-refractivity contribution in [1.29, 1.82) is 0 Å². The Morgan fingerprint density at radius 2 is 2.33 bits per heavy atom. The molecule has 1 nitrogen and oxygen atoms in total. The fraction of sp³-hybridized carbons (Fsp3) is 0.800. The summed E-state index contributed by atoms with van der Waals surface area (Å²) in [4.78, 5) is 0. The first kappa shape index (κ1) is 8.24. The monoisotopic (exact) mass is 169 g/mol. The van der Waals surface area contributed by atoms with Gasteiger partial charge in [0.05, 0.1) is 0 Å². The Hall–Kier alpha value is -0.370. The summed E-state index contributed by atoms with van der Waals surface area (Å²) in [7, 11) is 0. The molecule has 1 saturated carbocycles. The summed E-state index contributed by atoms with van der Waals surface area (Å²) < 4.78 is 12.2. The summed E-state index contributed by atoms with van der Waals surface area (Å²) in [5.41, 5.74) is 0. The number of hydrogen-bond acceptors (Lipinski definition) is 1. The smallest absolute Gasteiger partial charge is 0.104 e. The van der Waals surface area contributed by atoms with Gasteiger partial charge in [0.2, 0.25) is 0 Å². The van der Waals surface area contributed by atoms with Crippen molar-refractivity contribution < 1.29 is 4.39 Å². The standard InChI is InChI=1S/C10H16FN/c1-7(6-11)12-10-5-8-2-3-9(10)4-8/h2-3,7-10,12H,4-6H2,1H3/t7-,8+,9-,10?/m0/s1. The van der Waals surface area contributed by atoms with Gasteiger partial charge in [0.1, 0.15) is 6.67 Å². The molecule has 2 rings (SSSR count). The molecule has 68 valence electrons. The fourth-order valence-corrected chi connectivity index (χ4v) is 2.38. The van der Waals surface area contributed by atoms with Gasteiger partial charge in [-0.3, -0.25) is 0 Å². The van der Waals surface area contributed by atoms with E-state index in [0.29, 0.717) is 12.0 Å². The van der Waals surface area contributed by atoms with Gasteiger partial charge in [-0.1, -0.05) is 12.2 Å². The molecule has 12 heavy (non-hydrogen) atoms. The molecule has 1 unspecified atom stereocenters. The first-order valence-corrected chi connectivity index (χ1v) is 4.80. The number of halogens is 1. The number of rotatable bonds is 3. The second-order valence-corrected chi connectivity index (χ2v) is 4.11. The summed E-state index contributed by atoms with van der Waals surface area (Å²) in [5, 5.41) is 3.33. The quantitative estimate of drug-likeness (QED) is 0.636. The fourth-order valence-electron chi connectivity index (χ4n) is 2.38. The second kappa shape index (κ2) is 3.17. The predicted molar refractivity (Wildman–Crippen MR) is 47.7 cm³/mol. The molecule has 2 aliphatic rings. The highest BCUT2D eigenvalue weighted by Crippen LogP contribution is 2.39. The van der Waals surface area contributed by atoms with Gasteiger partial charge in [-0.05, 0) is 31.6 Å². The van der Waals surface area contributed by atoms with E-state index >= 15 is 0 Å². The molecule has 0 radical (unpaired) electrons. The highest BCUT2D eigenvalue weighted by Gasteiger charge is 2.35. The van der Waals surface area contributed by atoms with Crippen LogP contribution in [0.5, 0.6) is 0 Å². The van der Waals surface area contributed by atoms with Crippen LogP contribution in [0.2, 0.25) is 0 Å². The van der Waals surface area contributed by atoms with Crippen LogP contribution in [0.15, 0.2) is 12.2 Å². The largest absolute Gasteiger partial charge is 0.308 e. The lowest BCUT2D eigenvalue weighted by Crippen LogP contribution is -2.40. The topological polar surface area (TPSA) is 12.0 Å². The minimum absolute atomic E-state index is 0.0303. The molecule has 0 saturated heterocycles. The summed E-state index contributed by atoms with van der Waals surface area (Å²) in [6.07, 6.45) is 7.10. The lowest BCUT2D eigenvalue weighted by atomic mass is 10.0. The highest BCUT2D eigenvalue weighted by atomic mass is 19.1. The summed E-state index contributed by atoms with van der Waals surface area (Å²) >= 11 is 0. The molecule has 2 heteroatoms. The van der Waals surface area contributed by atoms with Crippen molar-refractivity contribution in [3.05, 3.63) is 12.2 Å². The Balaban J connectivity index is 1.87. The zero-order chi connectivity index (χ0) is 8.55. The normalized spacial score (nSPS) is 40.7. The summed E-state index contributed by atoms with van der Waals surface area (Å²) in [6, 6.07) is 0.577. The highest BCUT2D eigenvalue weighted by molar-refractivity contribution is 5.12. The van der Waals surface area contributed by atoms with Crippen molar-refractivity contribution in [3.8, 4) is 0 Å². The van der Waals surface area contributed by atoms with Crippen molar-refractivity contribution in [2.75, 3.05) is 6.67 Å². The van der Waals surface area contributed by atoms with E-state index in [4.69, 9.17) is 0 Å². The molecule has 0 aromatic heterocycles. The maximum absolute atomic E-state index is 12.2. The number of nitrogens with one attached hydrogen (secondary N) is 1. The zero-order valence-corrected chi connectivity index (χ0v) is 7.46. The average molecular weight is 169 g/mol. The van der Waals surface area contributed by atoms with Crippen LogP contribution in [0, 0.1) is 11.8 Å². The molecule has 0 aromatic carbocycles. The van der Waals surface area contributed by atoms with E-state index in [9.17, 15) is 4.39 Å². The number of fused-ring (bicyclic) bond motifs is 2. The number of hydrogen-bond donors (Lipinski definition) is 1. The van der Waals surface area contributed by atoms with Crippen LogP contribution in [0.4, 0.5) is 4.39 Å². The van der Waals surface area contributed by atoms with E-state index < -0.39 is 0 Å². The summed E-state index contributed by atoms with van der Waals surface area (Å²) in [5.74, 6) is 1.46. The Kier molecular flexibility index (Phi) is 2.18. The number of alkyl halides is 1. The molecular weight excluding hydrogens is 153 g/mol. The predicted octanol–water partition coefficient (Wildman–Crippen LogP) is 1.90.